The van der Waals surface area contributed by atoms with Crippen LogP contribution in [0.5, 0.6) is 0 Å². The van der Waals surface area contributed by atoms with Gasteiger partial charge in [0, 0.05) is 24.0 Å². The van der Waals surface area contributed by atoms with Crippen molar-refractivity contribution in [2.24, 2.45) is 11.3 Å². The zero-order valence-corrected chi connectivity index (χ0v) is 22.6. The number of carbonyl (C=O) groups excluding carboxylic acids is 1. The van der Waals surface area contributed by atoms with Gasteiger partial charge in [0.1, 0.15) is 0 Å². The van der Waals surface area contributed by atoms with E-state index < -0.39 is 22.6 Å². The van der Waals surface area contributed by atoms with E-state index in [0.717, 1.165) is 48.8 Å². The van der Waals surface area contributed by atoms with Crippen LogP contribution in [-0.2, 0) is 32.0 Å². The average molecular weight is 525 g/mol. The van der Waals surface area contributed by atoms with Gasteiger partial charge in [-0.15, -0.1) is 0 Å². The number of carboxylic acids is 1. The van der Waals surface area contributed by atoms with Crippen molar-refractivity contribution in [1.82, 2.24) is 10.2 Å². The molecule has 7 nitrogen and oxygen atoms in total. The Morgan fingerprint density at radius 1 is 1.37 bits per heavy atom. The van der Waals surface area contributed by atoms with Gasteiger partial charge < -0.3 is 15.3 Å². The van der Waals surface area contributed by atoms with Crippen molar-refractivity contribution in [1.29, 1.82) is 0 Å². The largest absolute Gasteiger partial charge is 0.481 e. The van der Waals surface area contributed by atoms with Crippen LogP contribution in [0.4, 0.5) is 4.79 Å². The van der Waals surface area contributed by atoms with E-state index in [0.29, 0.717) is 18.1 Å². The number of amides is 2. The zero-order chi connectivity index (χ0) is 25.8. The standard InChI is InChI=1S/C26H37ClN2O5S/c1-25(2,3)13-9-19-7-8-20(16-22(19)27)26-12-5-6-18(11-15-34-35(4)33)21(26)17-29(24(32)28-26)14-10-23(30)31/h7-8,16-18H,5-6,9-15H2,1-4H3,(H,28,32)(H,30,31). The molecule has 35 heavy (non-hydrogen) atoms. The molecule has 2 amide bonds. The molecule has 0 bridgehead atoms. The van der Waals surface area contributed by atoms with Gasteiger partial charge in [-0.05, 0) is 72.6 Å². The lowest BCUT2D eigenvalue weighted by Gasteiger charge is -2.48. The maximum Gasteiger partial charge on any atom is 0.322 e. The number of hydrogen-bond acceptors (Lipinski definition) is 4. The van der Waals surface area contributed by atoms with Crippen molar-refractivity contribution < 1.29 is 23.1 Å². The molecule has 0 spiro atoms. The number of halogens is 1. The van der Waals surface area contributed by atoms with Crippen LogP contribution in [0.2, 0.25) is 5.02 Å². The van der Waals surface area contributed by atoms with Gasteiger partial charge in [-0.3, -0.25) is 8.98 Å². The molecule has 3 unspecified atom stereocenters. The first-order valence-electron chi connectivity index (χ1n) is 12.2. The molecular formula is C26H37ClN2O5S. The molecule has 0 saturated heterocycles. The van der Waals surface area contributed by atoms with Crippen LogP contribution >= 0.6 is 11.6 Å². The Balaban J connectivity index is 1.96. The minimum atomic E-state index is -1.34. The quantitative estimate of drug-likeness (QED) is 0.427. The fourth-order valence-corrected chi connectivity index (χ4v) is 5.60. The van der Waals surface area contributed by atoms with E-state index in [1.54, 1.807) is 0 Å². The number of urea groups is 1. The number of aliphatic carboxylic acids is 1. The maximum atomic E-state index is 13.1. The van der Waals surface area contributed by atoms with Crippen molar-refractivity contribution in [2.45, 2.75) is 71.3 Å². The lowest BCUT2D eigenvalue weighted by molar-refractivity contribution is -0.137. The number of carbonyl (C=O) groups is 2. The zero-order valence-electron chi connectivity index (χ0n) is 21.1. The van der Waals surface area contributed by atoms with E-state index in [9.17, 15) is 13.8 Å². The summed E-state index contributed by atoms with van der Waals surface area (Å²) in [5.41, 5.74) is 2.54. The number of carboxylic acid groups (broad SMARTS) is 1. The molecule has 1 aliphatic heterocycles. The summed E-state index contributed by atoms with van der Waals surface area (Å²) in [6.07, 6.45) is 8.28. The molecule has 1 heterocycles. The Morgan fingerprint density at radius 3 is 2.74 bits per heavy atom. The summed E-state index contributed by atoms with van der Waals surface area (Å²) in [7, 11) is 0. The highest BCUT2D eigenvalue weighted by atomic mass is 35.5. The van der Waals surface area contributed by atoms with Crippen LogP contribution in [0.25, 0.3) is 0 Å². The lowest BCUT2D eigenvalue weighted by Crippen LogP contribution is -2.58. The van der Waals surface area contributed by atoms with Gasteiger partial charge in [-0.2, -0.15) is 0 Å². The molecule has 3 atom stereocenters. The average Bonchev–Trinajstić information content (AvgIpc) is 2.76. The summed E-state index contributed by atoms with van der Waals surface area (Å²) >= 11 is 5.40. The highest BCUT2D eigenvalue weighted by Crippen LogP contribution is 2.48. The molecule has 2 aliphatic rings. The molecular weight excluding hydrogens is 488 g/mol. The smallest absolute Gasteiger partial charge is 0.322 e. The van der Waals surface area contributed by atoms with Crippen LogP contribution in [0.15, 0.2) is 30.0 Å². The van der Waals surface area contributed by atoms with E-state index in [1.165, 1.54) is 11.2 Å². The number of nitrogens with one attached hydrogen (secondary N) is 1. The summed E-state index contributed by atoms with van der Waals surface area (Å²) in [5, 5.41) is 13.0. The molecule has 0 aromatic heterocycles. The minimum absolute atomic E-state index is 0.0927. The van der Waals surface area contributed by atoms with Gasteiger partial charge in [0.05, 0.1) is 18.6 Å². The SMILES string of the molecule is CS(=O)OCCC1CCCC2(c3ccc(CCC(C)(C)C)c(Cl)c3)NC(=O)N(CCC(=O)O)C=C12. The third-order valence-electron chi connectivity index (χ3n) is 6.89. The van der Waals surface area contributed by atoms with Gasteiger partial charge >= 0.3 is 12.0 Å². The number of rotatable bonds is 10. The van der Waals surface area contributed by atoms with E-state index in [-0.39, 0.29) is 30.3 Å². The summed E-state index contributed by atoms with van der Waals surface area (Å²) in [6.45, 7) is 7.06. The Bertz CT molecular complexity index is 1010. The number of fused-ring (bicyclic) bond motifs is 1. The fraction of sp³-hybridized carbons (Fsp3) is 0.615. The Hall–Kier alpha value is -1.90. The molecule has 1 aromatic rings. The number of hydrogen-bond donors (Lipinski definition) is 2. The molecule has 3 rings (SSSR count). The molecule has 1 saturated carbocycles. The fourth-order valence-electron chi connectivity index (χ4n) is 4.99. The Morgan fingerprint density at radius 2 is 2.11 bits per heavy atom. The highest BCUT2D eigenvalue weighted by molar-refractivity contribution is 7.79. The van der Waals surface area contributed by atoms with Gasteiger partial charge in [0.2, 0.25) is 0 Å². The second-order valence-corrected chi connectivity index (χ2v) is 12.2. The van der Waals surface area contributed by atoms with Crippen molar-refractivity contribution in [3.05, 3.63) is 46.1 Å². The van der Waals surface area contributed by atoms with Gasteiger partial charge in [-0.25, -0.2) is 9.00 Å². The van der Waals surface area contributed by atoms with Crippen LogP contribution in [-0.4, -0.2) is 45.6 Å². The molecule has 2 N–H and O–H groups in total. The monoisotopic (exact) mass is 524 g/mol. The van der Waals surface area contributed by atoms with Crippen molar-refractivity contribution in [3.63, 3.8) is 0 Å². The van der Waals surface area contributed by atoms with Gasteiger partial charge in [-0.1, -0.05) is 44.5 Å². The van der Waals surface area contributed by atoms with Gasteiger partial charge in [0.15, 0.2) is 11.1 Å². The second kappa shape index (κ2) is 11.4. The van der Waals surface area contributed by atoms with Crippen molar-refractivity contribution in [3.8, 4) is 0 Å². The summed E-state index contributed by atoms with van der Waals surface area (Å²) in [5.74, 6) is -0.857. The first-order valence-corrected chi connectivity index (χ1v) is 14.1. The Labute approximate surface area is 215 Å². The molecule has 1 aromatic carbocycles. The summed E-state index contributed by atoms with van der Waals surface area (Å²) in [6, 6.07) is 5.78. The van der Waals surface area contributed by atoms with Crippen LogP contribution < -0.4 is 5.32 Å². The van der Waals surface area contributed by atoms with Crippen molar-refractivity contribution in [2.75, 3.05) is 19.4 Å². The van der Waals surface area contributed by atoms with E-state index in [2.05, 4.69) is 38.2 Å². The van der Waals surface area contributed by atoms with Gasteiger partial charge in [0.25, 0.3) is 0 Å². The van der Waals surface area contributed by atoms with Crippen LogP contribution in [0.3, 0.4) is 0 Å². The topological polar surface area (TPSA) is 95.9 Å². The maximum absolute atomic E-state index is 13.1. The molecule has 0 radical (unpaired) electrons. The molecule has 9 heteroatoms. The van der Waals surface area contributed by atoms with E-state index >= 15 is 0 Å². The minimum Gasteiger partial charge on any atom is -0.481 e. The third kappa shape index (κ3) is 7.08. The van der Waals surface area contributed by atoms with Crippen molar-refractivity contribution >= 4 is 34.7 Å². The predicted octanol–water partition coefficient (Wildman–Crippen LogP) is 5.40. The highest BCUT2D eigenvalue weighted by Gasteiger charge is 2.47. The predicted molar refractivity (Wildman–Crippen MR) is 138 cm³/mol. The normalized spacial score (nSPS) is 23.3. The van der Waals surface area contributed by atoms with Crippen LogP contribution in [0, 0.1) is 11.3 Å². The summed E-state index contributed by atoms with van der Waals surface area (Å²) in [4.78, 5) is 25.7. The summed E-state index contributed by atoms with van der Waals surface area (Å²) < 4.78 is 16.7. The molecule has 1 fully saturated rings. The number of benzene rings is 1. The van der Waals surface area contributed by atoms with E-state index in [4.69, 9.17) is 20.9 Å². The molecule has 194 valence electrons. The Kier molecular flexibility index (Phi) is 9.05. The molecule has 1 aliphatic carbocycles. The van der Waals surface area contributed by atoms with Crippen LogP contribution in [0.1, 0.15) is 70.4 Å². The second-order valence-electron chi connectivity index (χ2n) is 10.7. The number of nitrogens with zero attached hydrogens (tertiary/aromatic N) is 1. The lowest BCUT2D eigenvalue weighted by atomic mass is 9.66. The third-order valence-corrected chi connectivity index (χ3v) is 7.74. The first kappa shape index (κ1) is 27.7. The first-order chi connectivity index (χ1) is 16.4. The van der Waals surface area contributed by atoms with E-state index in [1.807, 2.05) is 12.3 Å². The number of aryl methyl sites for hydroxylation is 1.